The number of unbranched alkanes of at least 4 members (excludes halogenated alkanes) is 2. The monoisotopic (exact) mass is 509 g/mol. The number of aryl methyl sites for hydroxylation is 1. The Balaban J connectivity index is 1.49. The lowest BCUT2D eigenvalue weighted by molar-refractivity contribution is 0.0542. The van der Waals surface area contributed by atoms with Gasteiger partial charge in [-0.15, -0.1) is 0 Å². The van der Waals surface area contributed by atoms with Crippen molar-refractivity contribution >= 4 is 5.91 Å². The molecule has 198 valence electrons. The van der Waals surface area contributed by atoms with Gasteiger partial charge in [0.1, 0.15) is 6.61 Å². The molecule has 4 rings (SSSR count). The zero-order chi connectivity index (χ0) is 26.6. The molecule has 1 N–H and O–H groups in total. The number of carbonyl (C=O) groups is 1. The summed E-state index contributed by atoms with van der Waals surface area (Å²) in [6.07, 6.45) is 10.3. The van der Waals surface area contributed by atoms with Crippen molar-refractivity contribution in [1.29, 1.82) is 0 Å². The fraction of sp³-hybridized carbons (Fsp3) is 0.394. The maximum Gasteiger partial charge on any atom is 0.254 e. The van der Waals surface area contributed by atoms with Crippen molar-refractivity contribution in [3.63, 3.8) is 0 Å². The molecule has 0 saturated carbocycles. The summed E-state index contributed by atoms with van der Waals surface area (Å²) in [4.78, 5) is 22.5. The van der Waals surface area contributed by atoms with Crippen LogP contribution in [0, 0.1) is 11.8 Å². The Morgan fingerprint density at radius 2 is 1.76 bits per heavy atom. The quantitative estimate of drug-likeness (QED) is 0.291. The van der Waals surface area contributed by atoms with Gasteiger partial charge in [-0.1, -0.05) is 55.9 Å². The first-order valence-corrected chi connectivity index (χ1v) is 13.9. The number of carbonyl (C=O) groups excluding carboxylic acids is 1. The molecule has 0 radical (unpaired) electrons. The first-order chi connectivity index (χ1) is 18.7. The van der Waals surface area contributed by atoms with Crippen molar-refractivity contribution in [2.75, 3.05) is 19.7 Å². The number of hydrogen-bond acceptors (Lipinski definition) is 4. The first kappa shape index (κ1) is 27.6. The molecule has 5 heteroatoms. The minimum Gasteiger partial charge on any atom is -0.384 e. The average molecular weight is 510 g/mol. The summed E-state index contributed by atoms with van der Waals surface area (Å²) in [5, 5.41) is 9.07. The molecule has 0 atom stereocenters. The molecule has 0 aliphatic carbocycles. The van der Waals surface area contributed by atoms with Gasteiger partial charge in [-0.05, 0) is 78.8 Å². The number of aliphatic hydroxyl groups excluding tert-OH is 1. The Labute approximate surface area is 227 Å². The first-order valence-electron chi connectivity index (χ1n) is 13.9. The van der Waals surface area contributed by atoms with Crippen LogP contribution in [0.15, 0.2) is 73.1 Å². The van der Waals surface area contributed by atoms with Gasteiger partial charge < -0.3 is 10.0 Å². The fourth-order valence-corrected chi connectivity index (χ4v) is 5.15. The number of hydrogen-bond donors (Lipinski definition) is 1. The average Bonchev–Trinajstić information content (AvgIpc) is 2.96. The molecule has 1 aliphatic rings. The second-order valence-corrected chi connectivity index (χ2v) is 10.1. The van der Waals surface area contributed by atoms with Gasteiger partial charge in [-0.3, -0.25) is 14.7 Å². The van der Waals surface area contributed by atoms with Crippen LogP contribution in [0.4, 0.5) is 0 Å². The number of rotatable bonds is 10. The Morgan fingerprint density at radius 1 is 1.00 bits per heavy atom. The van der Waals surface area contributed by atoms with Gasteiger partial charge in [0, 0.05) is 55.7 Å². The molecule has 1 amide bonds. The number of aromatic nitrogens is 1. The highest BCUT2D eigenvalue weighted by molar-refractivity contribution is 5.94. The van der Waals surface area contributed by atoms with Crippen LogP contribution in [0.2, 0.25) is 0 Å². The lowest BCUT2D eigenvalue weighted by Gasteiger charge is -2.39. The molecular formula is C33H39N3O2. The van der Waals surface area contributed by atoms with E-state index in [1.807, 2.05) is 42.7 Å². The van der Waals surface area contributed by atoms with Crippen molar-refractivity contribution in [3.8, 4) is 11.8 Å². The van der Waals surface area contributed by atoms with Gasteiger partial charge in [-0.2, -0.15) is 0 Å². The van der Waals surface area contributed by atoms with Crippen molar-refractivity contribution in [3.05, 3.63) is 101 Å². The second kappa shape index (κ2) is 14.5. The Kier molecular flexibility index (Phi) is 10.5. The third-order valence-corrected chi connectivity index (χ3v) is 7.28. The number of amides is 1. The number of aliphatic hydroxyl groups is 1. The van der Waals surface area contributed by atoms with E-state index in [2.05, 4.69) is 63.9 Å². The lowest BCUT2D eigenvalue weighted by atomic mass is 9.99. The van der Waals surface area contributed by atoms with Gasteiger partial charge in [0.05, 0.1) is 0 Å². The predicted octanol–water partition coefficient (Wildman–Crippen LogP) is 5.47. The van der Waals surface area contributed by atoms with Gasteiger partial charge in [0.15, 0.2) is 0 Å². The van der Waals surface area contributed by atoms with E-state index >= 15 is 0 Å². The van der Waals surface area contributed by atoms with E-state index in [0.717, 1.165) is 55.6 Å². The zero-order valence-electron chi connectivity index (χ0n) is 22.5. The maximum absolute atomic E-state index is 13.9. The molecule has 0 bridgehead atoms. The minimum atomic E-state index is -0.165. The molecule has 38 heavy (non-hydrogen) atoms. The van der Waals surface area contributed by atoms with Crippen molar-refractivity contribution in [2.45, 2.75) is 64.6 Å². The number of benzene rings is 2. The largest absolute Gasteiger partial charge is 0.384 e. The summed E-state index contributed by atoms with van der Waals surface area (Å²) in [5.74, 6) is 5.80. The molecule has 5 nitrogen and oxygen atoms in total. The zero-order valence-corrected chi connectivity index (χ0v) is 22.5. The standard InChI is InChI=1S/C33H39N3O2/c1-2-3-4-7-27-11-13-31(14-12-27)33(38)36(26-30-9-5-8-28(24-30)10-6-23-37)32-17-21-35(22-18-32)25-29-15-19-34-20-16-29/h5,8-9,11-16,19-20,24,32,37H,2-4,7,17-18,21-23,25-26H2,1H3. The van der Waals surface area contributed by atoms with E-state index in [1.54, 1.807) is 0 Å². The SMILES string of the molecule is CCCCCc1ccc(C(=O)N(Cc2cccc(C#CCO)c2)C2CCN(Cc3ccncc3)CC2)cc1. The number of nitrogens with zero attached hydrogens (tertiary/aromatic N) is 3. The van der Waals surface area contributed by atoms with Crippen molar-refractivity contribution < 1.29 is 9.90 Å². The third kappa shape index (κ3) is 8.02. The van der Waals surface area contributed by atoms with Gasteiger partial charge in [-0.25, -0.2) is 0 Å². The Morgan fingerprint density at radius 3 is 2.47 bits per heavy atom. The smallest absolute Gasteiger partial charge is 0.254 e. The minimum absolute atomic E-state index is 0.0875. The lowest BCUT2D eigenvalue weighted by Crippen LogP contribution is -2.46. The normalized spacial score (nSPS) is 14.1. The summed E-state index contributed by atoms with van der Waals surface area (Å²) in [5.41, 5.74) is 5.22. The van der Waals surface area contributed by atoms with Crippen LogP contribution in [0.5, 0.6) is 0 Å². The molecular weight excluding hydrogens is 470 g/mol. The van der Waals surface area contributed by atoms with Crippen LogP contribution in [0.3, 0.4) is 0 Å². The van der Waals surface area contributed by atoms with Crippen LogP contribution >= 0.6 is 0 Å². The highest BCUT2D eigenvalue weighted by Gasteiger charge is 2.29. The van der Waals surface area contributed by atoms with E-state index in [-0.39, 0.29) is 18.6 Å². The molecule has 1 fully saturated rings. The predicted molar refractivity (Wildman–Crippen MR) is 152 cm³/mol. The van der Waals surface area contributed by atoms with Crippen LogP contribution in [0.1, 0.15) is 71.6 Å². The maximum atomic E-state index is 13.9. The van der Waals surface area contributed by atoms with Crippen LogP contribution in [-0.4, -0.2) is 51.5 Å². The Hall–Kier alpha value is -3.46. The topological polar surface area (TPSA) is 56.7 Å². The van der Waals surface area contributed by atoms with E-state index < -0.39 is 0 Å². The number of likely N-dealkylation sites (tertiary alicyclic amines) is 1. The molecule has 0 unspecified atom stereocenters. The van der Waals surface area contributed by atoms with E-state index in [1.165, 1.54) is 30.4 Å². The van der Waals surface area contributed by atoms with E-state index in [0.29, 0.717) is 6.54 Å². The summed E-state index contributed by atoms with van der Waals surface area (Å²) in [6, 6.07) is 20.5. The second-order valence-electron chi connectivity index (χ2n) is 10.1. The molecule has 2 aromatic carbocycles. The van der Waals surface area contributed by atoms with E-state index in [9.17, 15) is 4.79 Å². The van der Waals surface area contributed by atoms with Crippen LogP contribution < -0.4 is 0 Å². The molecule has 0 spiro atoms. The fourth-order valence-electron chi connectivity index (χ4n) is 5.15. The number of pyridine rings is 1. The molecule has 1 saturated heterocycles. The molecule has 3 aromatic rings. The van der Waals surface area contributed by atoms with E-state index in [4.69, 9.17) is 5.11 Å². The summed E-state index contributed by atoms with van der Waals surface area (Å²) < 4.78 is 0. The molecule has 1 aliphatic heterocycles. The summed E-state index contributed by atoms with van der Waals surface area (Å²) in [7, 11) is 0. The Bertz CT molecular complexity index is 1210. The summed E-state index contributed by atoms with van der Waals surface area (Å²) >= 11 is 0. The number of piperidine rings is 1. The highest BCUT2D eigenvalue weighted by atomic mass is 16.2. The van der Waals surface area contributed by atoms with Crippen LogP contribution in [0.25, 0.3) is 0 Å². The molecule has 2 heterocycles. The highest BCUT2D eigenvalue weighted by Crippen LogP contribution is 2.23. The van der Waals surface area contributed by atoms with Crippen molar-refractivity contribution in [2.24, 2.45) is 0 Å². The summed E-state index contributed by atoms with van der Waals surface area (Å²) in [6.45, 7) is 5.41. The van der Waals surface area contributed by atoms with Gasteiger partial charge >= 0.3 is 0 Å². The van der Waals surface area contributed by atoms with Gasteiger partial charge in [0.2, 0.25) is 0 Å². The third-order valence-electron chi connectivity index (χ3n) is 7.28. The van der Waals surface area contributed by atoms with Crippen molar-refractivity contribution in [1.82, 2.24) is 14.8 Å². The van der Waals surface area contributed by atoms with Gasteiger partial charge in [0.25, 0.3) is 5.91 Å². The molecule has 1 aromatic heterocycles. The van der Waals surface area contributed by atoms with Crippen LogP contribution in [-0.2, 0) is 19.5 Å².